The fourth-order valence-corrected chi connectivity index (χ4v) is 0.853. The van der Waals surface area contributed by atoms with E-state index in [4.69, 9.17) is 25.4 Å². The summed E-state index contributed by atoms with van der Waals surface area (Å²) in [5.41, 5.74) is 0. The van der Waals surface area contributed by atoms with Crippen molar-refractivity contribution in [3.05, 3.63) is 0 Å². The predicted molar refractivity (Wildman–Crippen MR) is 46.4 cm³/mol. The summed E-state index contributed by atoms with van der Waals surface area (Å²) in [6.07, 6.45) is 1.83. The van der Waals surface area contributed by atoms with E-state index in [1.807, 2.05) is 0 Å². The number of hydrogen-bond acceptors (Lipinski definition) is 4. The maximum absolute atomic E-state index is 5.47. The van der Waals surface area contributed by atoms with Crippen LogP contribution in [0, 0.1) is 0 Å². The molecule has 1 aliphatic rings. The summed E-state index contributed by atoms with van der Waals surface area (Å²) < 4.78 is 19.3. The molecule has 0 atom stereocenters. The quantitative estimate of drug-likeness (QED) is 0.349. The van der Waals surface area contributed by atoms with Gasteiger partial charge in [0.15, 0.2) is 0 Å². The zero-order valence-electron chi connectivity index (χ0n) is 6.57. The van der Waals surface area contributed by atoms with Crippen LogP contribution in [0.5, 0.6) is 0 Å². The van der Waals surface area contributed by atoms with E-state index in [9.17, 15) is 0 Å². The summed E-state index contributed by atoms with van der Waals surface area (Å²) in [4.78, 5) is 0. The molecule has 0 amide bonds. The maximum Gasteiger partial charge on any atom is 0.610 e. The van der Waals surface area contributed by atoms with E-state index in [-0.39, 0.29) is 0 Å². The largest absolute Gasteiger partial charge is 0.610 e. The summed E-state index contributed by atoms with van der Waals surface area (Å²) in [6.45, 7) is 0.569. The van der Waals surface area contributed by atoms with Crippen LogP contribution in [0.15, 0.2) is 0 Å². The van der Waals surface area contributed by atoms with Crippen LogP contribution in [-0.4, -0.2) is 35.2 Å². The summed E-state index contributed by atoms with van der Waals surface area (Å²) in [6, 6.07) is 0. The summed E-state index contributed by atoms with van der Waals surface area (Å²) in [5, 5.41) is 0. The van der Waals surface area contributed by atoms with E-state index >= 15 is 0 Å². The monoisotopic (exact) mass is 188 g/mol. The standard InChI is InChI=1S/C4H8B3ClO4/c8-3-1-2-4-9-7-11-5-10-6-12-7/h1-4H2. The lowest BCUT2D eigenvalue weighted by atomic mass is 10.1. The van der Waals surface area contributed by atoms with Crippen molar-refractivity contribution in [3.8, 4) is 0 Å². The van der Waals surface area contributed by atoms with Crippen molar-refractivity contribution in [1.29, 1.82) is 0 Å². The minimum absolute atomic E-state index is 0.569. The third-order valence-corrected chi connectivity index (χ3v) is 1.49. The first-order valence-electron chi connectivity index (χ1n) is 3.71. The van der Waals surface area contributed by atoms with E-state index in [1.165, 1.54) is 0 Å². The van der Waals surface area contributed by atoms with Crippen molar-refractivity contribution in [2.24, 2.45) is 0 Å². The van der Waals surface area contributed by atoms with Gasteiger partial charge in [0.05, 0.1) is 0 Å². The molecule has 64 valence electrons. The fourth-order valence-electron chi connectivity index (χ4n) is 0.664. The molecule has 12 heavy (non-hydrogen) atoms. The van der Waals surface area contributed by atoms with Gasteiger partial charge in [-0.3, -0.25) is 0 Å². The van der Waals surface area contributed by atoms with Crippen LogP contribution in [0.1, 0.15) is 12.8 Å². The Balaban J connectivity index is 1.91. The summed E-state index contributed by atoms with van der Waals surface area (Å²) in [5.74, 6) is 0.650. The Kier molecular flexibility index (Phi) is 5.90. The molecular formula is C4H8B3ClO4. The van der Waals surface area contributed by atoms with Crippen molar-refractivity contribution in [2.75, 3.05) is 12.5 Å². The van der Waals surface area contributed by atoms with E-state index in [0.29, 0.717) is 12.5 Å². The van der Waals surface area contributed by atoms with Gasteiger partial charge >= 0.3 is 22.7 Å². The first-order valence-corrected chi connectivity index (χ1v) is 4.24. The maximum atomic E-state index is 5.47. The van der Waals surface area contributed by atoms with Crippen LogP contribution >= 0.6 is 11.6 Å². The highest BCUT2D eigenvalue weighted by atomic mass is 35.5. The van der Waals surface area contributed by atoms with Gasteiger partial charge in [0.2, 0.25) is 0 Å². The van der Waals surface area contributed by atoms with Crippen LogP contribution in [0.3, 0.4) is 0 Å². The van der Waals surface area contributed by atoms with Gasteiger partial charge in [-0.25, -0.2) is 0 Å². The minimum Gasteiger partial charge on any atom is -0.457 e. The second-order valence-corrected chi connectivity index (χ2v) is 2.53. The molecule has 0 unspecified atom stereocenters. The second kappa shape index (κ2) is 6.80. The first-order chi connectivity index (χ1) is 5.93. The molecule has 2 radical (unpaired) electrons. The smallest absolute Gasteiger partial charge is 0.457 e. The van der Waals surface area contributed by atoms with Gasteiger partial charge in [-0.05, 0) is 12.8 Å². The van der Waals surface area contributed by atoms with E-state index in [0.717, 1.165) is 28.2 Å². The molecule has 0 aromatic rings. The number of unbranched alkanes of at least 4 members (excludes halogenated alkanes) is 1. The SMILES string of the molecule is ClCCCCOB1O[B]O[B]O1. The van der Waals surface area contributed by atoms with Crippen LogP contribution in [0.25, 0.3) is 0 Å². The molecular weight excluding hydrogens is 180 g/mol. The highest BCUT2D eigenvalue weighted by Crippen LogP contribution is 1.99. The Morgan fingerprint density at radius 3 is 2.67 bits per heavy atom. The lowest BCUT2D eigenvalue weighted by Crippen LogP contribution is -2.37. The molecule has 4 nitrogen and oxygen atoms in total. The molecule has 0 aromatic heterocycles. The van der Waals surface area contributed by atoms with E-state index in [2.05, 4.69) is 4.57 Å². The van der Waals surface area contributed by atoms with Crippen LogP contribution in [-0.2, 0) is 18.4 Å². The molecule has 0 saturated carbocycles. The predicted octanol–water partition coefficient (Wildman–Crippen LogP) is 0.139. The number of alkyl halides is 1. The molecule has 1 fully saturated rings. The van der Waals surface area contributed by atoms with E-state index < -0.39 is 7.32 Å². The van der Waals surface area contributed by atoms with Crippen molar-refractivity contribution >= 4 is 34.3 Å². The Morgan fingerprint density at radius 1 is 1.25 bits per heavy atom. The number of hydrogen-bond donors (Lipinski definition) is 0. The topological polar surface area (TPSA) is 36.9 Å². The molecule has 0 aromatic carbocycles. The van der Waals surface area contributed by atoms with Gasteiger partial charge in [0.25, 0.3) is 0 Å². The molecule has 0 aliphatic carbocycles. The third kappa shape index (κ3) is 4.38. The molecule has 0 bridgehead atoms. The summed E-state index contributed by atoms with van der Waals surface area (Å²) >= 11 is 5.47. The van der Waals surface area contributed by atoms with E-state index in [1.54, 1.807) is 0 Å². The normalized spacial score (nSPS) is 16.9. The Morgan fingerprint density at radius 2 is 2.00 bits per heavy atom. The van der Waals surface area contributed by atoms with Crippen LogP contribution in [0.2, 0.25) is 0 Å². The zero-order valence-corrected chi connectivity index (χ0v) is 7.33. The average Bonchev–Trinajstić information content (AvgIpc) is 2.14. The van der Waals surface area contributed by atoms with Crippen LogP contribution in [0.4, 0.5) is 0 Å². The van der Waals surface area contributed by atoms with Crippen molar-refractivity contribution in [2.45, 2.75) is 12.8 Å². The number of halogens is 1. The third-order valence-electron chi connectivity index (χ3n) is 1.23. The highest BCUT2D eigenvalue weighted by Gasteiger charge is 2.26. The van der Waals surface area contributed by atoms with Crippen molar-refractivity contribution in [3.63, 3.8) is 0 Å². The van der Waals surface area contributed by atoms with Gasteiger partial charge in [-0.15, -0.1) is 11.6 Å². The summed E-state index contributed by atoms with van der Waals surface area (Å²) in [7, 11) is 1.65. The Hall–Kier alpha value is 0.325. The van der Waals surface area contributed by atoms with Gasteiger partial charge in [0.1, 0.15) is 0 Å². The Labute approximate surface area is 78.6 Å². The molecule has 1 heterocycles. The lowest BCUT2D eigenvalue weighted by molar-refractivity contribution is 0.171. The second-order valence-electron chi connectivity index (χ2n) is 2.16. The van der Waals surface area contributed by atoms with Crippen molar-refractivity contribution < 1.29 is 18.4 Å². The highest BCUT2D eigenvalue weighted by molar-refractivity contribution is 6.57. The minimum atomic E-state index is -0.672. The van der Waals surface area contributed by atoms with Gasteiger partial charge in [-0.1, -0.05) is 0 Å². The molecule has 0 N–H and O–H groups in total. The molecule has 1 saturated heterocycles. The molecule has 0 spiro atoms. The zero-order chi connectivity index (χ0) is 8.65. The Bertz CT molecular complexity index is 112. The van der Waals surface area contributed by atoms with Crippen molar-refractivity contribution in [1.82, 2.24) is 0 Å². The molecule has 1 aliphatic heterocycles. The first kappa shape index (κ1) is 10.4. The average molecular weight is 188 g/mol. The van der Waals surface area contributed by atoms with Gasteiger partial charge < -0.3 is 18.4 Å². The fraction of sp³-hybridized carbons (Fsp3) is 1.00. The molecule has 1 rings (SSSR count). The van der Waals surface area contributed by atoms with Gasteiger partial charge in [0, 0.05) is 12.5 Å². The molecule has 8 heteroatoms. The van der Waals surface area contributed by atoms with Gasteiger partial charge in [-0.2, -0.15) is 0 Å². The lowest BCUT2D eigenvalue weighted by Gasteiger charge is -2.17. The number of rotatable bonds is 5. The van der Waals surface area contributed by atoms with Crippen LogP contribution < -0.4 is 0 Å².